The lowest BCUT2D eigenvalue weighted by atomic mass is 10.0. The van der Waals surface area contributed by atoms with Gasteiger partial charge in [-0.2, -0.15) is 0 Å². The molecule has 0 atom stereocenters. The Morgan fingerprint density at radius 1 is 0.885 bits per heavy atom. The number of para-hydroxylation sites is 1. The Balaban J connectivity index is 1.77. The Hall–Kier alpha value is -3.18. The van der Waals surface area contributed by atoms with Crippen molar-refractivity contribution < 1.29 is 9.53 Å². The second-order valence-electron chi connectivity index (χ2n) is 5.55. The highest BCUT2D eigenvalue weighted by Crippen LogP contribution is 2.21. The van der Waals surface area contributed by atoms with E-state index in [9.17, 15) is 4.79 Å². The first-order valence-electron chi connectivity index (χ1n) is 8.08. The molecular weight excluding hydrogens is 344 g/mol. The Bertz CT molecular complexity index is 926. The zero-order chi connectivity index (χ0) is 18.4. The SMILES string of the molecule is COc1cccc(NC(=S)Nc2ccccc2C(=O)c2ccccc2)c1. The summed E-state index contributed by atoms with van der Waals surface area (Å²) in [7, 11) is 1.61. The maximum absolute atomic E-state index is 12.8. The van der Waals surface area contributed by atoms with E-state index in [1.807, 2.05) is 60.7 Å². The van der Waals surface area contributed by atoms with Gasteiger partial charge in [-0.15, -0.1) is 0 Å². The van der Waals surface area contributed by atoms with Crippen molar-refractivity contribution in [1.29, 1.82) is 0 Å². The normalized spacial score (nSPS) is 10.0. The van der Waals surface area contributed by atoms with Crippen LogP contribution >= 0.6 is 12.2 Å². The number of carbonyl (C=O) groups is 1. The van der Waals surface area contributed by atoms with Gasteiger partial charge >= 0.3 is 0 Å². The van der Waals surface area contributed by atoms with Gasteiger partial charge in [-0.3, -0.25) is 4.79 Å². The van der Waals surface area contributed by atoms with E-state index in [1.165, 1.54) is 0 Å². The molecule has 130 valence electrons. The maximum atomic E-state index is 12.8. The van der Waals surface area contributed by atoms with E-state index in [1.54, 1.807) is 25.3 Å². The molecule has 0 spiro atoms. The standard InChI is InChI=1S/C21H18N2O2S/c1-25-17-11-7-10-16(14-17)22-21(26)23-19-13-6-5-12-18(19)20(24)15-8-3-2-4-9-15/h2-14H,1H3,(H2,22,23,26). The second kappa shape index (κ2) is 8.27. The van der Waals surface area contributed by atoms with E-state index in [0.717, 1.165) is 11.4 Å². The number of benzene rings is 3. The monoisotopic (exact) mass is 362 g/mol. The summed E-state index contributed by atoms with van der Waals surface area (Å²) in [6.45, 7) is 0. The number of rotatable bonds is 5. The predicted molar refractivity (Wildman–Crippen MR) is 109 cm³/mol. The van der Waals surface area contributed by atoms with E-state index in [4.69, 9.17) is 17.0 Å². The van der Waals surface area contributed by atoms with Gasteiger partial charge in [-0.05, 0) is 36.5 Å². The van der Waals surface area contributed by atoms with Gasteiger partial charge in [0, 0.05) is 22.9 Å². The molecule has 0 aromatic heterocycles. The van der Waals surface area contributed by atoms with Crippen LogP contribution in [0.1, 0.15) is 15.9 Å². The van der Waals surface area contributed by atoms with Gasteiger partial charge in [-0.25, -0.2) is 0 Å². The number of ketones is 1. The Morgan fingerprint density at radius 2 is 1.62 bits per heavy atom. The number of carbonyl (C=O) groups excluding carboxylic acids is 1. The van der Waals surface area contributed by atoms with E-state index in [0.29, 0.717) is 21.9 Å². The fourth-order valence-electron chi connectivity index (χ4n) is 2.52. The summed E-state index contributed by atoms with van der Waals surface area (Å²) in [5.74, 6) is 0.676. The molecule has 0 bridgehead atoms. The molecule has 0 unspecified atom stereocenters. The first kappa shape index (κ1) is 17.6. The third-order valence-corrected chi connectivity index (χ3v) is 3.99. The van der Waals surface area contributed by atoms with Gasteiger partial charge in [0.25, 0.3) is 0 Å². The van der Waals surface area contributed by atoms with Crippen molar-refractivity contribution in [1.82, 2.24) is 0 Å². The highest BCUT2D eigenvalue weighted by molar-refractivity contribution is 7.80. The molecule has 0 aliphatic carbocycles. The van der Waals surface area contributed by atoms with Crippen molar-refractivity contribution in [3.8, 4) is 5.75 Å². The molecular formula is C21H18N2O2S. The highest BCUT2D eigenvalue weighted by Gasteiger charge is 2.13. The first-order valence-corrected chi connectivity index (χ1v) is 8.49. The molecule has 4 nitrogen and oxygen atoms in total. The van der Waals surface area contributed by atoms with Crippen LogP contribution in [0.2, 0.25) is 0 Å². The molecule has 3 rings (SSSR count). The van der Waals surface area contributed by atoms with Crippen LogP contribution in [0.5, 0.6) is 5.75 Å². The van der Waals surface area contributed by atoms with Crippen molar-refractivity contribution in [3.63, 3.8) is 0 Å². The van der Waals surface area contributed by atoms with Crippen LogP contribution in [0.15, 0.2) is 78.9 Å². The van der Waals surface area contributed by atoms with Gasteiger partial charge in [0.05, 0.1) is 12.8 Å². The van der Waals surface area contributed by atoms with Crippen molar-refractivity contribution in [2.45, 2.75) is 0 Å². The molecule has 2 N–H and O–H groups in total. The summed E-state index contributed by atoms with van der Waals surface area (Å²) in [4.78, 5) is 12.8. The van der Waals surface area contributed by atoms with E-state index < -0.39 is 0 Å². The predicted octanol–water partition coefficient (Wildman–Crippen LogP) is 4.74. The summed E-state index contributed by atoms with van der Waals surface area (Å²) in [5, 5.41) is 6.60. The largest absolute Gasteiger partial charge is 0.497 e. The number of thiocarbonyl (C=S) groups is 1. The molecule has 0 aliphatic heterocycles. The number of hydrogen-bond acceptors (Lipinski definition) is 3. The summed E-state index contributed by atoms with van der Waals surface area (Å²) in [6.07, 6.45) is 0. The van der Waals surface area contributed by atoms with Crippen LogP contribution in [0.4, 0.5) is 11.4 Å². The molecule has 3 aromatic carbocycles. The van der Waals surface area contributed by atoms with E-state index in [2.05, 4.69) is 10.6 Å². The van der Waals surface area contributed by atoms with Gasteiger partial charge in [0.2, 0.25) is 0 Å². The average Bonchev–Trinajstić information content (AvgIpc) is 2.68. The maximum Gasteiger partial charge on any atom is 0.195 e. The number of hydrogen-bond donors (Lipinski definition) is 2. The summed E-state index contributed by atoms with van der Waals surface area (Å²) in [5.41, 5.74) is 2.65. The smallest absolute Gasteiger partial charge is 0.195 e. The average molecular weight is 362 g/mol. The minimum atomic E-state index is -0.0575. The lowest BCUT2D eigenvalue weighted by Crippen LogP contribution is -2.20. The van der Waals surface area contributed by atoms with Crippen LogP contribution in [-0.4, -0.2) is 18.0 Å². The molecule has 0 aliphatic rings. The van der Waals surface area contributed by atoms with Crippen LogP contribution in [0.3, 0.4) is 0 Å². The zero-order valence-corrected chi connectivity index (χ0v) is 15.0. The summed E-state index contributed by atoms with van der Waals surface area (Å²) in [6, 6.07) is 23.9. The van der Waals surface area contributed by atoms with E-state index in [-0.39, 0.29) is 5.78 Å². The number of methoxy groups -OCH3 is 1. The highest BCUT2D eigenvalue weighted by atomic mass is 32.1. The zero-order valence-electron chi connectivity index (χ0n) is 14.2. The van der Waals surface area contributed by atoms with Crippen molar-refractivity contribution >= 4 is 34.5 Å². The van der Waals surface area contributed by atoms with Gasteiger partial charge in [0.15, 0.2) is 10.9 Å². The third-order valence-electron chi connectivity index (χ3n) is 3.78. The fraction of sp³-hybridized carbons (Fsp3) is 0.0476. The van der Waals surface area contributed by atoms with Crippen LogP contribution < -0.4 is 15.4 Å². The minimum Gasteiger partial charge on any atom is -0.497 e. The van der Waals surface area contributed by atoms with Crippen LogP contribution in [0.25, 0.3) is 0 Å². The number of nitrogens with one attached hydrogen (secondary N) is 2. The molecule has 0 fully saturated rings. The molecule has 0 saturated carbocycles. The Morgan fingerprint density at radius 3 is 2.38 bits per heavy atom. The lowest BCUT2D eigenvalue weighted by Gasteiger charge is -2.14. The second-order valence-corrected chi connectivity index (χ2v) is 5.96. The van der Waals surface area contributed by atoms with Crippen LogP contribution in [-0.2, 0) is 0 Å². The van der Waals surface area contributed by atoms with Crippen LogP contribution in [0, 0.1) is 0 Å². The number of ether oxygens (including phenoxy) is 1. The fourth-order valence-corrected chi connectivity index (χ4v) is 2.75. The van der Waals surface area contributed by atoms with E-state index >= 15 is 0 Å². The van der Waals surface area contributed by atoms with Gasteiger partial charge in [0.1, 0.15) is 5.75 Å². The first-order chi connectivity index (χ1) is 12.7. The molecule has 3 aromatic rings. The minimum absolute atomic E-state index is 0.0575. The lowest BCUT2D eigenvalue weighted by molar-refractivity contribution is 0.103. The quantitative estimate of drug-likeness (QED) is 0.507. The van der Waals surface area contributed by atoms with Gasteiger partial charge < -0.3 is 15.4 Å². The topological polar surface area (TPSA) is 50.4 Å². The molecule has 0 heterocycles. The van der Waals surface area contributed by atoms with Gasteiger partial charge in [-0.1, -0.05) is 48.5 Å². The Labute approximate surface area is 157 Å². The molecule has 0 saturated heterocycles. The molecule has 26 heavy (non-hydrogen) atoms. The summed E-state index contributed by atoms with van der Waals surface area (Å²) >= 11 is 5.39. The van der Waals surface area contributed by atoms with Crippen molar-refractivity contribution in [2.24, 2.45) is 0 Å². The van der Waals surface area contributed by atoms with Crippen molar-refractivity contribution in [3.05, 3.63) is 90.0 Å². The molecule has 5 heteroatoms. The molecule has 0 amide bonds. The third kappa shape index (κ3) is 4.26. The van der Waals surface area contributed by atoms with Crippen molar-refractivity contribution in [2.75, 3.05) is 17.7 Å². The Kier molecular flexibility index (Phi) is 5.61. The number of anilines is 2. The summed E-state index contributed by atoms with van der Waals surface area (Å²) < 4.78 is 5.21. The molecule has 0 radical (unpaired) electrons.